The minimum absolute atomic E-state index is 0. The van der Waals surface area contributed by atoms with Gasteiger partial charge in [-0.1, -0.05) is 36.4 Å². The Hall–Kier alpha value is -1.05. The first-order chi connectivity index (χ1) is 18.7. The van der Waals surface area contributed by atoms with Gasteiger partial charge in [0.05, 0.1) is 29.4 Å². The zero-order valence-electron chi connectivity index (χ0n) is 29.2. The van der Waals surface area contributed by atoms with Crippen molar-refractivity contribution in [2.24, 2.45) is 0 Å². The van der Waals surface area contributed by atoms with Crippen molar-refractivity contribution in [1.29, 1.82) is 0 Å². The number of hydrogen-bond donors (Lipinski definition) is 0. The first-order valence-corrected chi connectivity index (χ1v) is 18.2. The summed E-state index contributed by atoms with van der Waals surface area (Å²) in [6.45, 7) is 0. The Labute approximate surface area is 398 Å². The second-order valence-electron chi connectivity index (χ2n) is 7.06. The summed E-state index contributed by atoms with van der Waals surface area (Å²) in [6, 6.07) is 11.5. The summed E-state index contributed by atoms with van der Waals surface area (Å²) in [4.78, 5) is -6.11. The molecule has 0 aliphatic carbocycles. The number of rotatable bonds is 6. The van der Waals surface area contributed by atoms with Crippen LogP contribution in [-0.2, 0) is 126 Å². The van der Waals surface area contributed by atoms with E-state index in [1.54, 1.807) is 0 Å². The molecule has 60 heavy (non-hydrogen) atoms. The maximum Gasteiger partial charge on any atom is 3.00 e. The molecule has 0 saturated heterocycles. The number of benzene rings is 3. The van der Waals surface area contributed by atoms with E-state index in [-0.39, 0.29) is 161 Å². The van der Waals surface area contributed by atoms with E-state index in [0.29, 0.717) is 0 Å². The molecular formula is C18H56Lu2O34S6+12. The van der Waals surface area contributed by atoms with Crippen molar-refractivity contribution in [3.63, 3.8) is 0 Å². The average molecular weight is 1360 g/mol. The quantitative estimate of drug-likeness (QED) is 0.163. The fraction of sp³-hybridized carbons (Fsp3) is 0. The smallest absolute Gasteiger partial charge is 0.744 e. The summed E-state index contributed by atoms with van der Waals surface area (Å²) in [5.41, 5.74) is 0. The molecule has 0 atom stereocenters. The predicted octanol–water partition coefficient (Wildman–Crippen LogP) is -15.9. The van der Waals surface area contributed by atoms with Gasteiger partial charge in [0.1, 0.15) is 60.7 Å². The Balaban J connectivity index is -0.0000000240. The van der Waals surface area contributed by atoms with Crippen LogP contribution in [0.5, 0.6) is 0 Å². The Bertz CT molecular complexity index is 1750. The topological polar surface area (TPSA) is 865 Å². The van der Waals surface area contributed by atoms with Crippen LogP contribution in [0.3, 0.4) is 0 Å². The van der Waals surface area contributed by atoms with Crippen molar-refractivity contribution in [3.8, 4) is 0 Å². The van der Waals surface area contributed by atoms with Crippen LogP contribution in [0, 0.1) is 73.7 Å². The van der Waals surface area contributed by atoms with E-state index < -0.39 is 90.1 Å². The largest absolute Gasteiger partial charge is 3.00 e. The summed E-state index contributed by atoms with van der Waals surface area (Å²) in [5, 5.41) is 0. The molecule has 386 valence electrons. The molecule has 42 heteroatoms. The molecule has 0 aliphatic heterocycles. The summed E-state index contributed by atoms with van der Waals surface area (Å²) in [6.07, 6.45) is 0. The van der Waals surface area contributed by atoms with Crippen molar-refractivity contribution in [2.45, 2.75) is 29.4 Å². The van der Waals surface area contributed by atoms with Crippen molar-refractivity contribution >= 4 is 60.7 Å². The predicted molar refractivity (Wildman–Crippen MR) is 200 cm³/mol. The Morgan fingerprint density at radius 1 is 0.233 bits per heavy atom. The van der Waals surface area contributed by atoms with Crippen molar-refractivity contribution in [1.82, 2.24) is 0 Å². The van der Waals surface area contributed by atoms with Gasteiger partial charge in [-0.05, 0) is 36.4 Å². The van der Waals surface area contributed by atoms with Gasteiger partial charge in [-0.2, -0.15) is 0 Å². The Morgan fingerprint density at radius 2 is 0.300 bits per heavy atom. The van der Waals surface area contributed by atoms with Gasteiger partial charge in [0.2, 0.25) is 0 Å². The fourth-order valence-corrected chi connectivity index (χ4v) is 7.78. The van der Waals surface area contributed by atoms with Gasteiger partial charge in [-0.15, -0.1) is 0 Å². The van der Waals surface area contributed by atoms with Crippen LogP contribution >= 0.6 is 0 Å². The Morgan fingerprint density at radius 3 is 0.350 bits per heavy atom. The van der Waals surface area contributed by atoms with E-state index in [2.05, 4.69) is 0 Å². The van der Waals surface area contributed by atoms with Crippen LogP contribution in [0.1, 0.15) is 0 Å². The molecule has 0 saturated carbocycles. The molecule has 0 heterocycles. The zero-order chi connectivity index (χ0) is 32.9. The maximum absolute atomic E-state index is 10.5. The second kappa shape index (κ2) is 44.6. The third-order valence-electron chi connectivity index (χ3n) is 4.16. The molecule has 44 N–H and O–H groups in total. The molecule has 0 fully saturated rings. The maximum atomic E-state index is 10.5. The third kappa shape index (κ3) is 38.6. The van der Waals surface area contributed by atoms with E-state index in [9.17, 15) is 77.8 Å². The van der Waals surface area contributed by atoms with Crippen LogP contribution < -0.4 is 0 Å². The molecule has 3 rings (SSSR count). The summed E-state index contributed by atoms with van der Waals surface area (Å²) in [5.74, 6) is 0. The molecule has 0 bridgehead atoms. The minimum Gasteiger partial charge on any atom is -0.744 e. The van der Waals surface area contributed by atoms with E-state index in [1.807, 2.05) is 0 Å². The van der Waals surface area contributed by atoms with Crippen LogP contribution in [0.25, 0.3) is 0 Å². The summed E-state index contributed by atoms with van der Waals surface area (Å²) in [7, 11) is -29.7. The van der Waals surface area contributed by atoms with Gasteiger partial charge in [-0.3, -0.25) is 0 Å². The van der Waals surface area contributed by atoms with E-state index in [4.69, 9.17) is 0 Å². The van der Waals surface area contributed by atoms with Gasteiger partial charge in [-0.25, -0.2) is 50.5 Å². The molecule has 0 unspecified atom stereocenters. The van der Waals surface area contributed by atoms with Crippen LogP contribution in [0.15, 0.2) is 102 Å². The van der Waals surface area contributed by atoms with Gasteiger partial charge in [0, 0.05) is 0 Å². The first kappa shape index (κ1) is 118. The van der Waals surface area contributed by atoms with Gasteiger partial charge >= 0.3 is 73.7 Å². The molecule has 0 spiro atoms. The SMILES string of the molecule is O.O.O.O.O=S(=O)([O-])c1ccccc1S(=O)(=O)[O-].O=S(=O)([O-])c1ccccc1S(=O)(=O)[O-].O=S(=O)([O-])c1ccccc1S(=O)(=O)[O-].[Lu+3].[Lu+3].[OH3+].[OH3+].[OH3+].[OH3+].[OH3+].[OH3+].[OH3+].[OH3+].[OH3+].[OH3+].[OH3+].[OH3+]. The number of hydrogen-bond acceptors (Lipinski definition) is 18. The molecule has 0 radical (unpaired) electrons. The van der Waals surface area contributed by atoms with Gasteiger partial charge < -0.3 is 115 Å². The summed E-state index contributed by atoms with van der Waals surface area (Å²) >= 11 is 0. The molecule has 34 nitrogen and oxygen atoms in total. The molecular weight excluding hydrogens is 1300 g/mol. The van der Waals surface area contributed by atoms with Gasteiger partial charge in [0.25, 0.3) is 0 Å². The molecule has 3 aromatic carbocycles. The standard InChI is InChI=1S/3C6H6O6S2.2Lu.16H2O/c3*7-13(8,9)5-3-1-2-4-6(5)14(10,11)12;;;;;;;;;;;;;;;;;;/h3*1-4H,(H,7,8,9)(H,10,11,12);;;16*1H2/q;;;2*+3;;;;;;;;;;;;;;;;/p+6. The third-order valence-corrected chi connectivity index (χ3v) is 9.92. The fourth-order valence-electron chi connectivity index (χ4n) is 2.59. The van der Waals surface area contributed by atoms with Crippen LogP contribution in [0.2, 0.25) is 0 Å². The summed E-state index contributed by atoms with van der Waals surface area (Å²) < 4.78 is 190. The molecule has 0 aliphatic rings. The molecule has 0 aromatic heterocycles. The minimum atomic E-state index is -4.95. The Kier molecular flexibility index (Phi) is 87.7. The van der Waals surface area contributed by atoms with E-state index in [1.165, 1.54) is 0 Å². The van der Waals surface area contributed by atoms with Gasteiger partial charge in [0.15, 0.2) is 0 Å². The normalized spacial score (nSPS) is 8.90. The molecule has 3 aromatic rings. The molecule has 0 amide bonds. The van der Waals surface area contributed by atoms with Crippen LogP contribution in [-0.4, -0.2) is 99.7 Å². The average Bonchev–Trinajstić information content (AvgIpc) is 2.82. The van der Waals surface area contributed by atoms with E-state index >= 15 is 0 Å². The van der Waals surface area contributed by atoms with Crippen molar-refractivity contribution < 1.29 is 239 Å². The monoisotopic (exact) mass is 1360 g/mol. The van der Waals surface area contributed by atoms with Crippen molar-refractivity contribution in [2.75, 3.05) is 0 Å². The second-order valence-corrected chi connectivity index (χ2v) is 15.2. The first-order valence-electron chi connectivity index (χ1n) is 9.71. The van der Waals surface area contributed by atoms with Crippen LogP contribution in [0.4, 0.5) is 0 Å². The van der Waals surface area contributed by atoms with E-state index in [0.717, 1.165) is 72.8 Å². The zero-order valence-corrected chi connectivity index (χ0v) is 37.4. The van der Waals surface area contributed by atoms with Crippen molar-refractivity contribution in [3.05, 3.63) is 72.8 Å².